The SMILES string of the molecule is CC1=CC=C(S(C)=O)CC1. The highest BCUT2D eigenvalue weighted by molar-refractivity contribution is 7.88. The molecule has 1 nitrogen and oxygen atoms in total. The highest BCUT2D eigenvalue weighted by Crippen LogP contribution is 2.19. The first-order valence-electron chi connectivity index (χ1n) is 3.40. The second-order valence-electron chi connectivity index (χ2n) is 2.60. The molecule has 0 radical (unpaired) electrons. The molecule has 0 aromatic carbocycles. The molecule has 0 aromatic heterocycles. The summed E-state index contributed by atoms with van der Waals surface area (Å²) in [7, 11) is -0.750. The highest BCUT2D eigenvalue weighted by atomic mass is 32.2. The summed E-state index contributed by atoms with van der Waals surface area (Å²) in [5.74, 6) is 0. The Morgan fingerprint density at radius 2 is 2.10 bits per heavy atom. The van der Waals surface area contributed by atoms with Gasteiger partial charge in [0.15, 0.2) is 0 Å². The van der Waals surface area contributed by atoms with E-state index in [-0.39, 0.29) is 0 Å². The molecule has 0 saturated carbocycles. The Labute approximate surface area is 64.3 Å². The van der Waals surface area contributed by atoms with Crippen LogP contribution in [0.3, 0.4) is 0 Å². The number of hydrogen-bond acceptors (Lipinski definition) is 1. The highest BCUT2D eigenvalue weighted by Gasteiger charge is 2.05. The molecule has 10 heavy (non-hydrogen) atoms. The van der Waals surface area contributed by atoms with Crippen LogP contribution in [0.4, 0.5) is 0 Å². The summed E-state index contributed by atoms with van der Waals surface area (Å²) in [6.45, 7) is 2.10. The van der Waals surface area contributed by atoms with E-state index < -0.39 is 10.8 Å². The molecule has 1 rings (SSSR count). The maximum absolute atomic E-state index is 10.9. The molecular formula is C8H12OS. The van der Waals surface area contributed by atoms with E-state index in [1.165, 1.54) is 5.57 Å². The molecule has 1 atom stereocenters. The zero-order chi connectivity index (χ0) is 7.56. The standard InChI is InChI=1S/C8H12OS/c1-7-3-5-8(6-4-7)10(2)9/h3,5H,4,6H2,1-2H3. The lowest BCUT2D eigenvalue weighted by atomic mass is 10.1. The summed E-state index contributed by atoms with van der Waals surface area (Å²) in [6.07, 6.45) is 7.83. The average Bonchev–Trinajstić information content (AvgIpc) is 1.88. The summed E-state index contributed by atoms with van der Waals surface area (Å²) >= 11 is 0. The van der Waals surface area contributed by atoms with Crippen LogP contribution < -0.4 is 0 Å². The van der Waals surface area contributed by atoms with E-state index in [1.54, 1.807) is 6.26 Å². The Morgan fingerprint density at radius 3 is 2.50 bits per heavy atom. The molecular weight excluding hydrogens is 144 g/mol. The van der Waals surface area contributed by atoms with Crippen LogP contribution in [0.5, 0.6) is 0 Å². The van der Waals surface area contributed by atoms with Gasteiger partial charge in [-0.3, -0.25) is 4.21 Å². The number of allylic oxidation sites excluding steroid dienone is 4. The Bertz CT molecular complexity index is 213. The van der Waals surface area contributed by atoms with Crippen molar-refractivity contribution in [2.45, 2.75) is 19.8 Å². The van der Waals surface area contributed by atoms with Crippen LogP contribution in [0.2, 0.25) is 0 Å². The second kappa shape index (κ2) is 3.15. The van der Waals surface area contributed by atoms with Gasteiger partial charge in [0, 0.05) is 22.0 Å². The topological polar surface area (TPSA) is 17.1 Å². The monoisotopic (exact) mass is 156 g/mol. The number of rotatable bonds is 1. The summed E-state index contributed by atoms with van der Waals surface area (Å²) in [5.41, 5.74) is 1.38. The molecule has 0 bridgehead atoms. The Kier molecular flexibility index (Phi) is 2.44. The first kappa shape index (κ1) is 7.73. The molecule has 1 unspecified atom stereocenters. The van der Waals surface area contributed by atoms with Crippen molar-refractivity contribution in [3.05, 3.63) is 22.6 Å². The van der Waals surface area contributed by atoms with E-state index >= 15 is 0 Å². The van der Waals surface area contributed by atoms with Crippen molar-refractivity contribution in [1.82, 2.24) is 0 Å². The van der Waals surface area contributed by atoms with Gasteiger partial charge in [0.2, 0.25) is 0 Å². The van der Waals surface area contributed by atoms with Gasteiger partial charge in [0.05, 0.1) is 0 Å². The van der Waals surface area contributed by atoms with Crippen molar-refractivity contribution in [1.29, 1.82) is 0 Å². The fourth-order valence-corrected chi connectivity index (χ4v) is 1.61. The minimum atomic E-state index is -0.750. The first-order chi connectivity index (χ1) is 4.70. The summed E-state index contributed by atoms with van der Waals surface area (Å²) < 4.78 is 10.9. The minimum absolute atomic E-state index is 0.750. The molecule has 0 heterocycles. The predicted octanol–water partition coefficient (Wildman–Crippen LogP) is 1.99. The van der Waals surface area contributed by atoms with Crippen LogP contribution in [0.15, 0.2) is 22.6 Å². The molecule has 1 aliphatic rings. The Morgan fingerprint density at radius 1 is 1.40 bits per heavy atom. The lowest BCUT2D eigenvalue weighted by Gasteiger charge is -2.08. The van der Waals surface area contributed by atoms with E-state index in [2.05, 4.69) is 13.0 Å². The average molecular weight is 156 g/mol. The molecule has 0 N–H and O–H groups in total. The van der Waals surface area contributed by atoms with E-state index in [1.807, 2.05) is 6.08 Å². The second-order valence-corrected chi connectivity index (χ2v) is 4.03. The van der Waals surface area contributed by atoms with E-state index in [4.69, 9.17) is 0 Å². The predicted molar refractivity (Wildman–Crippen MR) is 45.1 cm³/mol. The third-order valence-corrected chi connectivity index (χ3v) is 2.77. The largest absolute Gasteiger partial charge is 0.255 e. The van der Waals surface area contributed by atoms with Crippen LogP contribution >= 0.6 is 0 Å². The van der Waals surface area contributed by atoms with Crippen molar-refractivity contribution >= 4 is 10.8 Å². The summed E-state index contributed by atoms with van der Waals surface area (Å²) in [4.78, 5) is 1.07. The molecule has 0 saturated heterocycles. The van der Waals surface area contributed by atoms with Crippen LogP contribution in [-0.2, 0) is 10.8 Å². The van der Waals surface area contributed by atoms with Crippen molar-refractivity contribution in [3.8, 4) is 0 Å². The maximum atomic E-state index is 10.9. The third kappa shape index (κ3) is 1.81. The zero-order valence-corrected chi connectivity index (χ0v) is 7.20. The quantitative estimate of drug-likeness (QED) is 0.567. The molecule has 56 valence electrons. The van der Waals surface area contributed by atoms with Crippen molar-refractivity contribution in [2.75, 3.05) is 6.26 Å². The van der Waals surface area contributed by atoms with Crippen LogP contribution in [0.1, 0.15) is 19.8 Å². The number of hydrogen-bond donors (Lipinski definition) is 0. The molecule has 0 spiro atoms. The van der Waals surface area contributed by atoms with Gasteiger partial charge in [0.25, 0.3) is 0 Å². The summed E-state index contributed by atoms with van der Waals surface area (Å²) in [6, 6.07) is 0. The van der Waals surface area contributed by atoms with Gasteiger partial charge in [-0.2, -0.15) is 0 Å². The van der Waals surface area contributed by atoms with Crippen LogP contribution in [0.25, 0.3) is 0 Å². The molecule has 2 heteroatoms. The van der Waals surface area contributed by atoms with Gasteiger partial charge in [-0.15, -0.1) is 0 Å². The van der Waals surface area contributed by atoms with E-state index in [0.29, 0.717) is 0 Å². The molecule has 0 aliphatic heterocycles. The maximum Gasteiger partial charge on any atom is 0.0456 e. The van der Waals surface area contributed by atoms with Gasteiger partial charge in [-0.1, -0.05) is 17.7 Å². The lowest BCUT2D eigenvalue weighted by Crippen LogP contribution is -1.96. The smallest absolute Gasteiger partial charge is 0.0456 e. The summed E-state index contributed by atoms with van der Waals surface area (Å²) in [5, 5.41) is 0. The fraction of sp³-hybridized carbons (Fsp3) is 0.500. The van der Waals surface area contributed by atoms with Crippen LogP contribution in [0, 0.1) is 0 Å². The van der Waals surface area contributed by atoms with Gasteiger partial charge in [-0.05, 0) is 19.8 Å². The minimum Gasteiger partial charge on any atom is -0.255 e. The van der Waals surface area contributed by atoms with Gasteiger partial charge in [-0.25, -0.2) is 0 Å². The van der Waals surface area contributed by atoms with Crippen LogP contribution in [-0.4, -0.2) is 10.5 Å². The molecule has 0 amide bonds. The van der Waals surface area contributed by atoms with Crippen molar-refractivity contribution < 1.29 is 4.21 Å². The molecule has 1 aliphatic carbocycles. The zero-order valence-electron chi connectivity index (χ0n) is 6.39. The third-order valence-electron chi connectivity index (χ3n) is 1.69. The van der Waals surface area contributed by atoms with Gasteiger partial charge in [0.1, 0.15) is 0 Å². The molecule has 0 aromatic rings. The Balaban J connectivity index is 2.74. The normalized spacial score (nSPS) is 21.4. The van der Waals surface area contributed by atoms with Crippen molar-refractivity contribution in [2.24, 2.45) is 0 Å². The van der Waals surface area contributed by atoms with E-state index in [0.717, 1.165) is 17.7 Å². The van der Waals surface area contributed by atoms with Gasteiger partial charge < -0.3 is 0 Å². The fourth-order valence-electron chi connectivity index (χ4n) is 0.962. The first-order valence-corrected chi connectivity index (χ1v) is 4.95. The molecule has 0 fully saturated rings. The van der Waals surface area contributed by atoms with Crippen molar-refractivity contribution in [3.63, 3.8) is 0 Å². The van der Waals surface area contributed by atoms with Gasteiger partial charge >= 0.3 is 0 Å². The lowest BCUT2D eigenvalue weighted by molar-refractivity contribution is 0.688. The van der Waals surface area contributed by atoms with E-state index in [9.17, 15) is 4.21 Å². The Hall–Kier alpha value is -0.370.